The quantitative estimate of drug-likeness (QED) is 0.565. The summed E-state index contributed by atoms with van der Waals surface area (Å²) in [6.45, 7) is 2.56. The molecule has 0 fully saturated rings. The molecule has 0 radical (unpaired) electrons. The number of hydrogen-bond acceptors (Lipinski definition) is 7. The first kappa shape index (κ1) is 21.0. The Morgan fingerprint density at radius 3 is 2.53 bits per heavy atom. The molecular weight excluding hydrogens is 394 g/mol. The molecule has 9 nitrogen and oxygen atoms in total. The van der Waals surface area contributed by atoms with Crippen LogP contribution in [0.4, 0.5) is 30.9 Å². The van der Waals surface area contributed by atoms with Crippen molar-refractivity contribution in [3.8, 4) is 11.3 Å². The molecule has 3 heterocycles. The monoisotopic (exact) mass is 414 g/mol. The topological polar surface area (TPSA) is 118 Å². The fourth-order valence-electron chi connectivity index (χ4n) is 2.53. The number of nitrogens with zero attached hydrogens (tertiary/aromatic N) is 5. The van der Waals surface area contributed by atoms with E-state index in [9.17, 15) is 13.6 Å². The minimum Gasteiger partial charge on any atom is -0.341 e. The molecule has 0 saturated heterocycles. The fourth-order valence-corrected chi connectivity index (χ4v) is 2.53. The molecule has 3 aromatic heterocycles. The number of aromatic nitrogens is 5. The van der Waals surface area contributed by atoms with Gasteiger partial charge in [0, 0.05) is 56.0 Å². The molecule has 0 aliphatic heterocycles. The van der Waals surface area contributed by atoms with E-state index >= 15 is 0 Å². The number of pyridine rings is 1. The first-order chi connectivity index (χ1) is 14.3. The van der Waals surface area contributed by atoms with Crippen LogP contribution < -0.4 is 16.0 Å². The highest BCUT2D eigenvalue weighted by atomic mass is 19.3. The first-order valence-corrected chi connectivity index (χ1v) is 9.08. The van der Waals surface area contributed by atoms with Gasteiger partial charge in [0.25, 0.3) is 0 Å². The SMILES string of the molecule is CCc1cc(Nc2cc(NC(=O)NC)ncc2-c2cnccn2)nc(C(C)(F)F)n1. The van der Waals surface area contributed by atoms with Gasteiger partial charge in [-0.15, -0.1) is 0 Å². The zero-order chi connectivity index (χ0) is 21.7. The van der Waals surface area contributed by atoms with Crippen molar-refractivity contribution in [1.29, 1.82) is 0 Å². The Balaban J connectivity index is 2.07. The van der Waals surface area contributed by atoms with E-state index in [-0.39, 0.29) is 11.6 Å². The Kier molecular flexibility index (Phi) is 6.09. The van der Waals surface area contributed by atoms with E-state index in [1.165, 1.54) is 31.8 Å². The standard InChI is InChI=1S/C19H20F2N8O/c1-4-11-7-16(28-17(26-11)19(2,20)21)27-13-8-15(29-18(30)22-3)25-9-12(13)14-10-23-5-6-24-14/h5-10H,4H2,1-3H3,(H3,22,25,26,27,28,29,30). The lowest BCUT2D eigenvalue weighted by molar-refractivity contribution is 0.00762. The Morgan fingerprint density at radius 2 is 1.90 bits per heavy atom. The number of halogens is 2. The van der Waals surface area contributed by atoms with E-state index in [0.717, 1.165) is 6.92 Å². The second-order valence-corrected chi connectivity index (χ2v) is 6.34. The van der Waals surface area contributed by atoms with Crippen molar-refractivity contribution in [1.82, 2.24) is 30.2 Å². The first-order valence-electron chi connectivity index (χ1n) is 9.08. The molecule has 0 unspecified atom stereocenters. The van der Waals surface area contributed by atoms with E-state index in [0.29, 0.717) is 29.1 Å². The Hall–Kier alpha value is -3.76. The summed E-state index contributed by atoms with van der Waals surface area (Å²) in [6, 6.07) is 2.68. The van der Waals surface area contributed by atoms with Crippen LogP contribution in [-0.4, -0.2) is 38.0 Å². The number of alkyl halides is 2. The third kappa shape index (κ3) is 4.99. The van der Waals surface area contributed by atoms with E-state index < -0.39 is 17.8 Å². The minimum atomic E-state index is -3.19. The zero-order valence-electron chi connectivity index (χ0n) is 16.6. The summed E-state index contributed by atoms with van der Waals surface area (Å²) in [5, 5.41) is 8.02. The van der Waals surface area contributed by atoms with Crippen molar-refractivity contribution >= 4 is 23.4 Å². The third-order valence-corrected chi connectivity index (χ3v) is 4.01. The van der Waals surface area contributed by atoms with Gasteiger partial charge in [-0.3, -0.25) is 15.3 Å². The minimum absolute atomic E-state index is 0.181. The molecule has 0 aromatic carbocycles. The maximum atomic E-state index is 13.8. The summed E-state index contributed by atoms with van der Waals surface area (Å²) >= 11 is 0. The summed E-state index contributed by atoms with van der Waals surface area (Å²) < 4.78 is 27.7. The second-order valence-electron chi connectivity index (χ2n) is 6.34. The molecule has 0 aliphatic carbocycles. The molecule has 30 heavy (non-hydrogen) atoms. The number of urea groups is 1. The predicted octanol–water partition coefficient (Wildman–Crippen LogP) is 3.50. The number of anilines is 3. The average molecular weight is 414 g/mol. The van der Waals surface area contributed by atoms with Gasteiger partial charge in [0.15, 0.2) is 0 Å². The van der Waals surface area contributed by atoms with Crippen molar-refractivity contribution in [2.45, 2.75) is 26.2 Å². The number of aryl methyl sites for hydroxylation is 1. The fraction of sp³-hybridized carbons (Fsp3) is 0.263. The van der Waals surface area contributed by atoms with Crippen LogP contribution in [0.1, 0.15) is 25.4 Å². The molecule has 3 N–H and O–H groups in total. The van der Waals surface area contributed by atoms with E-state index in [1.807, 2.05) is 6.92 Å². The number of rotatable bonds is 6. The van der Waals surface area contributed by atoms with Crippen LogP contribution >= 0.6 is 0 Å². The Morgan fingerprint density at radius 1 is 1.10 bits per heavy atom. The molecule has 11 heteroatoms. The molecule has 3 aromatic rings. The smallest absolute Gasteiger partial charge is 0.320 e. The largest absolute Gasteiger partial charge is 0.341 e. The van der Waals surface area contributed by atoms with Crippen molar-refractivity contribution < 1.29 is 13.6 Å². The number of carbonyl (C=O) groups excluding carboxylic acids is 1. The van der Waals surface area contributed by atoms with E-state index in [2.05, 4.69) is 40.9 Å². The highest BCUT2D eigenvalue weighted by Crippen LogP contribution is 2.31. The van der Waals surface area contributed by atoms with Crippen LogP contribution in [0, 0.1) is 0 Å². The molecule has 0 saturated carbocycles. The molecule has 0 spiro atoms. The number of hydrogen-bond donors (Lipinski definition) is 3. The van der Waals surface area contributed by atoms with E-state index in [1.54, 1.807) is 12.1 Å². The van der Waals surface area contributed by atoms with E-state index in [4.69, 9.17) is 0 Å². The van der Waals surface area contributed by atoms with Gasteiger partial charge in [-0.1, -0.05) is 6.92 Å². The Labute approximate surface area is 171 Å². The summed E-state index contributed by atoms with van der Waals surface area (Å²) in [5.41, 5.74) is 1.96. The molecule has 0 bridgehead atoms. The van der Waals surface area contributed by atoms with Gasteiger partial charge in [-0.25, -0.2) is 19.7 Å². The lowest BCUT2D eigenvalue weighted by Gasteiger charge is -2.16. The van der Waals surface area contributed by atoms with Gasteiger partial charge in [0.1, 0.15) is 11.6 Å². The predicted molar refractivity (Wildman–Crippen MR) is 108 cm³/mol. The van der Waals surface area contributed by atoms with Crippen molar-refractivity contribution in [2.24, 2.45) is 0 Å². The molecule has 2 amide bonds. The molecule has 0 atom stereocenters. The molecule has 156 valence electrons. The summed E-state index contributed by atoms with van der Waals surface area (Å²) in [5.74, 6) is -3.35. The normalized spacial score (nSPS) is 11.1. The van der Waals surface area contributed by atoms with Gasteiger partial charge in [0.2, 0.25) is 5.82 Å². The zero-order valence-corrected chi connectivity index (χ0v) is 16.6. The summed E-state index contributed by atoms with van der Waals surface area (Å²) in [7, 11) is 1.47. The van der Waals surface area contributed by atoms with Crippen LogP contribution in [0.5, 0.6) is 0 Å². The van der Waals surface area contributed by atoms with Crippen LogP contribution in [0.15, 0.2) is 36.9 Å². The average Bonchev–Trinajstić information content (AvgIpc) is 2.73. The van der Waals surface area contributed by atoms with Crippen LogP contribution in [0.25, 0.3) is 11.3 Å². The maximum Gasteiger partial charge on any atom is 0.320 e. The van der Waals surface area contributed by atoms with Crippen LogP contribution in [0.3, 0.4) is 0 Å². The van der Waals surface area contributed by atoms with Crippen LogP contribution in [-0.2, 0) is 12.3 Å². The van der Waals surface area contributed by atoms with Crippen LogP contribution in [0.2, 0.25) is 0 Å². The third-order valence-electron chi connectivity index (χ3n) is 4.01. The summed E-state index contributed by atoms with van der Waals surface area (Å²) in [6.07, 6.45) is 6.54. The lowest BCUT2D eigenvalue weighted by atomic mass is 10.1. The summed E-state index contributed by atoms with van der Waals surface area (Å²) in [4.78, 5) is 32.0. The number of carbonyl (C=O) groups is 1. The highest BCUT2D eigenvalue weighted by Gasteiger charge is 2.29. The highest BCUT2D eigenvalue weighted by molar-refractivity contribution is 5.90. The lowest BCUT2D eigenvalue weighted by Crippen LogP contribution is -2.25. The Bertz CT molecular complexity index is 1040. The van der Waals surface area contributed by atoms with Gasteiger partial charge in [0.05, 0.1) is 17.6 Å². The van der Waals surface area contributed by atoms with Crippen molar-refractivity contribution in [3.63, 3.8) is 0 Å². The maximum absolute atomic E-state index is 13.8. The molecular formula is C19H20F2N8O. The van der Waals surface area contributed by atoms with Gasteiger partial charge < -0.3 is 10.6 Å². The second kappa shape index (κ2) is 8.72. The molecule has 0 aliphatic rings. The van der Waals surface area contributed by atoms with Gasteiger partial charge in [-0.05, 0) is 6.42 Å². The van der Waals surface area contributed by atoms with Gasteiger partial charge in [-0.2, -0.15) is 8.78 Å². The molecule has 3 rings (SSSR count). The van der Waals surface area contributed by atoms with Crippen molar-refractivity contribution in [2.75, 3.05) is 17.7 Å². The van der Waals surface area contributed by atoms with Gasteiger partial charge >= 0.3 is 12.0 Å². The van der Waals surface area contributed by atoms with Crippen molar-refractivity contribution in [3.05, 3.63) is 48.4 Å². The number of nitrogens with one attached hydrogen (secondary N) is 3. The number of amides is 2.